The molecule has 0 saturated carbocycles. The van der Waals surface area contributed by atoms with E-state index in [4.69, 9.17) is 0 Å². The van der Waals surface area contributed by atoms with Gasteiger partial charge in [-0.1, -0.05) is 114 Å². The molecule has 2 heterocycles. The highest BCUT2D eigenvalue weighted by Crippen LogP contribution is 2.32. The van der Waals surface area contributed by atoms with E-state index in [9.17, 15) is 0 Å². The van der Waals surface area contributed by atoms with Gasteiger partial charge < -0.3 is 4.57 Å². The van der Waals surface area contributed by atoms with E-state index < -0.39 is 0 Å². The van der Waals surface area contributed by atoms with E-state index in [0.717, 1.165) is 0 Å². The third-order valence-electron chi connectivity index (χ3n) is 6.03. The van der Waals surface area contributed by atoms with Crippen LogP contribution in [0.2, 0.25) is 0 Å². The predicted molar refractivity (Wildman–Crippen MR) is 136 cm³/mol. The van der Waals surface area contributed by atoms with Gasteiger partial charge in [0.1, 0.15) is 0 Å². The van der Waals surface area contributed by atoms with Gasteiger partial charge >= 0.3 is 0 Å². The number of hydrogen-bond donors (Lipinski definition) is 0. The quantitative estimate of drug-likeness (QED) is 0.343. The second kappa shape index (κ2) is 7.61. The maximum atomic E-state index is 2.45. The monoisotopic (exact) mass is 413 g/mol. The minimum Gasteiger partial charge on any atom is -0.301 e. The summed E-state index contributed by atoms with van der Waals surface area (Å²) < 4.78 is 2.45. The molecule has 3 heteroatoms. The lowest BCUT2D eigenvalue weighted by Crippen LogP contribution is -2.52. The van der Waals surface area contributed by atoms with E-state index in [1.165, 1.54) is 43.2 Å². The molecule has 0 bridgehead atoms. The van der Waals surface area contributed by atoms with Crippen LogP contribution in [0.3, 0.4) is 0 Å². The van der Waals surface area contributed by atoms with Crippen LogP contribution >= 0.6 is 11.3 Å². The first-order chi connectivity index (χ1) is 15.4. The van der Waals surface area contributed by atoms with Crippen LogP contribution in [0.1, 0.15) is 0 Å². The molecule has 0 amide bonds. The first kappa shape index (κ1) is 18.2. The van der Waals surface area contributed by atoms with Gasteiger partial charge in [0.15, 0.2) is 0 Å². The van der Waals surface area contributed by atoms with Crippen molar-refractivity contribution in [2.45, 2.75) is 0 Å². The Morgan fingerprint density at radius 2 is 1.00 bits per heavy atom. The lowest BCUT2D eigenvalue weighted by atomic mass is 9.37. The number of benzene rings is 4. The fourth-order valence-corrected chi connectivity index (χ4v) is 5.66. The van der Waals surface area contributed by atoms with Crippen LogP contribution in [0.25, 0.3) is 26.8 Å². The highest BCUT2D eigenvalue weighted by molar-refractivity contribution is 7.16. The molecule has 6 aromatic rings. The number of nitrogens with zero attached hydrogens (tertiary/aromatic N) is 1. The van der Waals surface area contributed by atoms with Gasteiger partial charge in [-0.15, -0.1) is 11.3 Å². The summed E-state index contributed by atoms with van der Waals surface area (Å²) in [6.07, 6.45) is 0. The number of hydrogen-bond acceptors (Lipinski definition) is 1. The smallest absolute Gasteiger partial charge is 0.245 e. The lowest BCUT2D eigenvalue weighted by Gasteiger charge is -2.17. The Hall–Kier alpha value is -3.56. The average Bonchev–Trinajstić information content (AvgIpc) is 3.43. The Labute approximate surface area is 186 Å². The zero-order valence-corrected chi connectivity index (χ0v) is 17.8. The SMILES string of the molecule is c1ccc(B(c2ccccc2)c2ccsc2-n2c3ccccc3c3ccccc32)cc1. The predicted octanol–water partition coefficient (Wildman–Crippen LogP) is 5.36. The molecule has 0 N–H and O–H groups in total. The zero-order valence-electron chi connectivity index (χ0n) is 17.0. The fraction of sp³-hybridized carbons (Fsp3) is 0. The van der Waals surface area contributed by atoms with Crippen molar-refractivity contribution in [3.8, 4) is 5.00 Å². The summed E-state index contributed by atoms with van der Waals surface area (Å²) in [7, 11) is 0. The summed E-state index contributed by atoms with van der Waals surface area (Å²) in [4.78, 5) is 0. The second-order valence-electron chi connectivity index (χ2n) is 7.81. The lowest BCUT2D eigenvalue weighted by molar-refractivity contribution is 1.23. The number of rotatable bonds is 4. The van der Waals surface area contributed by atoms with Crippen LogP contribution in [-0.4, -0.2) is 11.3 Å². The molecule has 6 rings (SSSR count). The maximum Gasteiger partial charge on any atom is 0.245 e. The summed E-state index contributed by atoms with van der Waals surface area (Å²) >= 11 is 1.82. The Bertz CT molecular complexity index is 1390. The molecule has 0 radical (unpaired) electrons. The normalized spacial score (nSPS) is 11.2. The van der Waals surface area contributed by atoms with E-state index in [-0.39, 0.29) is 6.71 Å². The van der Waals surface area contributed by atoms with Crippen molar-refractivity contribution in [2.24, 2.45) is 0 Å². The van der Waals surface area contributed by atoms with E-state index in [1.54, 1.807) is 0 Å². The summed E-state index contributed by atoms with van der Waals surface area (Å²) in [6, 6.07) is 41.5. The van der Waals surface area contributed by atoms with Gasteiger partial charge in [-0.05, 0) is 23.0 Å². The van der Waals surface area contributed by atoms with Crippen molar-refractivity contribution < 1.29 is 0 Å². The van der Waals surface area contributed by atoms with Crippen LogP contribution in [0.4, 0.5) is 0 Å². The number of fused-ring (bicyclic) bond motifs is 3. The third-order valence-corrected chi connectivity index (χ3v) is 6.95. The Balaban J connectivity index is 1.65. The number of para-hydroxylation sites is 2. The van der Waals surface area contributed by atoms with Crippen LogP contribution in [0, 0.1) is 0 Å². The van der Waals surface area contributed by atoms with Gasteiger partial charge in [-0.25, -0.2) is 0 Å². The summed E-state index contributed by atoms with van der Waals surface area (Å²) in [5, 5.41) is 6.12. The Kier molecular flexibility index (Phi) is 4.47. The number of thiophene rings is 1. The Morgan fingerprint density at radius 3 is 1.55 bits per heavy atom. The molecule has 4 aromatic carbocycles. The van der Waals surface area contributed by atoms with E-state index >= 15 is 0 Å². The van der Waals surface area contributed by atoms with Gasteiger partial charge in [-0.2, -0.15) is 0 Å². The van der Waals surface area contributed by atoms with E-state index in [2.05, 4.69) is 125 Å². The van der Waals surface area contributed by atoms with Gasteiger partial charge in [0.2, 0.25) is 6.71 Å². The molecule has 0 unspecified atom stereocenters. The van der Waals surface area contributed by atoms with E-state index in [1.807, 2.05) is 11.3 Å². The molecule has 0 aliphatic heterocycles. The van der Waals surface area contributed by atoms with Gasteiger partial charge in [0.05, 0.1) is 16.0 Å². The van der Waals surface area contributed by atoms with Crippen molar-refractivity contribution in [3.63, 3.8) is 0 Å². The molecular formula is C28H20BNS. The highest BCUT2D eigenvalue weighted by Gasteiger charge is 2.26. The van der Waals surface area contributed by atoms with Gasteiger partial charge in [0.25, 0.3) is 0 Å². The van der Waals surface area contributed by atoms with Crippen molar-refractivity contribution >= 4 is 56.2 Å². The molecule has 1 nitrogen and oxygen atoms in total. The highest BCUT2D eigenvalue weighted by atomic mass is 32.1. The summed E-state index contributed by atoms with van der Waals surface area (Å²) in [5.41, 5.74) is 6.48. The molecule has 0 spiro atoms. The van der Waals surface area contributed by atoms with Gasteiger partial charge in [0, 0.05) is 10.8 Å². The molecule has 2 aromatic heterocycles. The van der Waals surface area contributed by atoms with Crippen molar-refractivity contribution in [1.29, 1.82) is 0 Å². The van der Waals surface area contributed by atoms with E-state index in [0.29, 0.717) is 0 Å². The van der Waals surface area contributed by atoms with Crippen molar-refractivity contribution in [2.75, 3.05) is 0 Å². The second-order valence-corrected chi connectivity index (χ2v) is 8.70. The van der Waals surface area contributed by atoms with Crippen LogP contribution in [0.5, 0.6) is 0 Å². The fourth-order valence-electron chi connectivity index (χ4n) is 4.70. The molecular weight excluding hydrogens is 393 g/mol. The molecule has 146 valence electrons. The van der Waals surface area contributed by atoms with Gasteiger partial charge in [-0.3, -0.25) is 0 Å². The summed E-state index contributed by atoms with van der Waals surface area (Å²) in [5.74, 6) is 0. The first-order valence-corrected chi connectivity index (χ1v) is 11.5. The number of aromatic nitrogens is 1. The zero-order chi connectivity index (χ0) is 20.6. The minimum atomic E-state index is 0.184. The van der Waals surface area contributed by atoms with Crippen LogP contribution < -0.4 is 16.4 Å². The van der Waals surface area contributed by atoms with Crippen LogP contribution in [-0.2, 0) is 0 Å². The molecule has 0 aliphatic carbocycles. The maximum absolute atomic E-state index is 2.45. The molecule has 0 aliphatic rings. The summed E-state index contributed by atoms with van der Waals surface area (Å²) in [6.45, 7) is 0.184. The largest absolute Gasteiger partial charge is 0.301 e. The molecule has 0 atom stereocenters. The molecule has 31 heavy (non-hydrogen) atoms. The average molecular weight is 413 g/mol. The molecule has 0 fully saturated rings. The standard InChI is InChI=1S/C28H20BNS/c1-3-11-21(12-4-1)29(22-13-5-2-6-14-22)25-19-20-31-28(25)30-26-17-9-7-15-23(26)24-16-8-10-18-27(24)30/h1-20H. The first-order valence-electron chi connectivity index (χ1n) is 10.6. The molecule has 0 saturated heterocycles. The van der Waals surface area contributed by atoms with Crippen molar-refractivity contribution in [3.05, 3.63) is 121 Å². The third kappa shape index (κ3) is 3.01. The topological polar surface area (TPSA) is 4.93 Å². The van der Waals surface area contributed by atoms with Crippen LogP contribution in [0.15, 0.2) is 121 Å². The Morgan fingerprint density at radius 1 is 0.516 bits per heavy atom. The minimum absolute atomic E-state index is 0.184. The van der Waals surface area contributed by atoms with Crippen molar-refractivity contribution in [1.82, 2.24) is 4.57 Å².